The van der Waals surface area contributed by atoms with Gasteiger partial charge in [-0.25, -0.2) is 4.79 Å². The third-order valence-electron chi connectivity index (χ3n) is 1.96. The highest BCUT2D eigenvalue weighted by Gasteiger charge is 2.11. The molecule has 1 aromatic heterocycles. The van der Waals surface area contributed by atoms with E-state index in [0.717, 1.165) is 9.10 Å². The summed E-state index contributed by atoms with van der Waals surface area (Å²) in [6.45, 7) is 0. The van der Waals surface area contributed by atoms with E-state index in [1.165, 1.54) is 0 Å². The number of amides is 1. The maximum atomic E-state index is 11.3. The van der Waals surface area contributed by atoms with Crippen LogP contribution in [0.3, 0.4) is 0 Å². The van der Waals surface area contributed by atoms with Crippen molar-refractivity contribution in [3.05, 3.63) is 36.5 Å². The number of fused-ring (bicyclic) bond motifs is 1. The van der Waals surface area contributed by atoms with E-state index in [0.29, 0.717) is 11.3 Å². The average Bonchev–Trinajstić information content (AvgIpc) is 2.29. The third-order valence-corrected chi connectivity index (χ3v) is 2.28. The lowest BCUT2D eigenvalue weighted by atomic mass is 10.2. The van der Waals surface area contributed by atoms with Crippen LogP contribution in [0.4, 0.5) is 4.79 Å². The van der Waals surface area contributed by atoms with Gasteiger partial charge in [0.05, 0.1) is 0 Å². The number of aromatic nitrogens is 1. The highest BCUT2D eigenvalue weighted by atomic mass is 32.2. The molecule has 4 nitrogen and oxygen atoms in total. The van der Waals surface area contributed by atoms with Gasteiger partial charge in [-0.3, -0.25) is 4.98 Å². The predicted octanol–water partition coefficient (Wildman–Crippen LogP) is 2.73. The van der Waals surface area contributed by atoms with Crippen molar-refractivity contribution in [1.82, 2.24) is 8.69 Å². The number of hydrogen-bond donors (Lipinski definition) is 2. The Balaban J connectivity index is 2.41. The van der Waals surface area contributed by atoms with Crippen LogP contribution in [0.25, 0.3) is 10.9 Å². The number of benzene rings is 1. The van der Waals surface area contributed by atoms with Crippen molar-refractivity contribution in [2.24, 2.45) is 0 Å². The molecule has 2 aromatic rings. The summed E-state index contributed by atoms with van der Waals surface area (Å²) in [5, 5.41) is 0.901. The Hall–Kier alpha value is -1.40. The first kappa shape index (κ1) is 11.1. The van der Waals surface area contributed by atoms with Crippen molar-refractivity contribution in [2.75, 3.05) is 0 Å². The van der Waals surface area contributed by atoms with Gasteiger partial charge in [-0.2, -0.15) is 3.71 Å². The van der Waals surface area contributed by atoms with Crippen molar-refractivity contribution in [1.29, 1.82) is 0 Å². The van der Waals surface area contributed by atoms with Crippen molar-refractivity contribution >= 4 is 42.6 Å². The Morgan fingerprint density at radius 1 is 1.25 bits per heavy atom. The van der Waals surface area contributed by atoms with Crippen LogP contribution in [0.5, 0.6) is 5.75 Å². The highest BCUT2D eigenvalue weighted by molar-refractivity contribution is 7.94. The summed E-state index contributed by atoms with van der Waals surface area (Å²) in [6, 6.07) is 9.04. The van der Waals surface area contributed by atoms with E-state index in [4.69, 9.17) is 4.74 Å². The summed E-state index contributed by atoms with van der Waals surface area (Å²) in [5.74, 6) is 0.385. The van der Waals surface area contributed by atoms with Gasteiger partial charge >= 0.3 is 6.09 Å². The molecule has 0 aliphatic rings. The second-order valence-electron chi connectivity index (χ2n) is 2.99. The summed E-state index contributed by atoms with van der Waals surface area (Å²) >= 11 is 7.44. The molecular formula is C10H8N2O2S2. The molecule has 0 atom stereocenters. The van der Waals surface area contributed by atoms with Crippen molar-refractivity contribution in [3.63, 3.8) is 0 Å². The molecule has 0 radical (unpaired) electrons. The fourth-order valence-electron chi connectivity index (χ4n) is 1.29. The van der Waals surface area contributed by atoms with Gasteiger partial charge in [0.2, 0.25) is 0 Å². The van der Waals surface area contributed by atoms with Gasteiger partial charge in [0.1, 0.15) is 5.52 Å². The molecule has 2 rings (SSSR count). The van der Waals surface area contributed by atoms with Crippen LogP contribution in [0, 0.1) is 0 Å². The van der Waals surface area contributed by atoms with Crippen molar-refractivity contribution in [3.8, 4) is 5.75 Å². The lowest BCUT2D eigenvalue weighted by Gasteiger charge is -2.09. The second kappa shape index (κ2) is 4.63. The molecule has 0 saturated carbocycles. The first-order valence-electron chi connectivity index (χ1n) is 4.42. The van der Waals surface area contributed by atoms with Crippen LogP contribution in [-0.4, -0.2) is 14.8 Å². The number of nitrogens with zero attached hydrogens (tertiary/aromatic N) is 2. The molecule has 6 heteroatoms. The molecule has 0 aliphatic heterocycles. The maximum absolute atomic E-state index is 11.3. The smallest absolute Gasteiger partial charge is 0.407 e. The summed E-state index contributed by atoms with van der Waals surface area (Å²) in [6.07, 6.45) is 0.962. The van der Waals surface area contributed by atoms with E-state index >= 15 is 0 Å². The Bertz CT molecular complexity index is 526. The lowest BCUT2D eigenvalue weighted by molar-refractivity contribution is 0.198. The molecular weight excluding hydrogens is 244 g/mol. The van der Waals surface area contributed by atoms with E-state index < -0.39 is 6.09 Å². The van der Waals surface area contributed by atoms with Crippen LogP contribution in [0.15, 0.2) is 36.5 Å². The minimum atomic E-state index is -0.676. The van der Waals surface area contributed by atoms with Gasteiger partial charge in [-0.15, -0.1) is 0 Å². The van der Waals surface area contributed by atoms with E-state index in [2.05, 4.69) is 30.6 Å². The molecule has 16 heavy (non-hydrogen) atoms. The molecule has 82 valence electrons. The number of carbonyl (C=O) groups excluding carboxylic acids is 1. The Labute approximate surface area is 103 Å². The lowest BCUT2D eigenvalue weighted by Crippen LogP contribution is -2.16. The molecule has 0 saturated heterocycles. The normalized spacial score (nSPS) is 10.1. The summed E-state index contributed by atoms with van der Waals surface area (Å²) < 4.78 is 5.83. The topological polar surface area (TPSA) is 42.4 Å². The fraction of sp³-hybridized carbons (Fsp3) is 0. The fourth-order valence-corrected chi connectivity index (χ4v) is 1.38. The predicted molar refractivity (Wildman–Crippen MR) is 67.6 cm³/mol. The molecule has 0 unspecified atom stereocenters. The number of ether oxygens (including phenoxy) is 1. The standard InChI is InChI=1S/C10H8N2O2S2/c13-10(12(15)16)14-8-5-1-3-7-4-2-6-11-9(7)8/h1-6,15-16H. The molecule has 1 amide bonds. The third kappa shape index (κ3) is 2.23. The number of pyridine rings is 1. The molecule has 1 aromatic carbocycles. The zero-order valence-electron chi connectivity index (χ0n) is 8.07. The van der Waals surface area contributed by atoms with Crippen LogP contribution in [-0.2, 0) is 0 Å². The molecule has 0 N–H and O–H groups in total. The number of carbonyl (C=O) groups is 1. The Morgan fingerprint density at radius 2 is 2.00 bits per heavy atom. The van der Waals surface area contributed by atoms with Gasteiger partial charge in [0.25, 0.3) is 0 Å². The summed E-state index contributed by atoms with van der Waals surface area (Å²) in [4.78, 5) is 15.4. The SMILES string of the molecule is O=C(Oc1cccc2cccnc12)N(S)S. The van der Waals surface area contributed by atoms with Gasteiger partial charge in [-0.1, -0.05) is 18.2 Å². The summed E-state index contributed by atoms with van der Waals surface area (Å²) in [7, 11) is 0. The van der Waals surface area contributed by atoms with Crippen LogP contribution < -0.4 is 4.74 Å². The van der Waals surface area contributed by atoms with Gasteiger partial charge < -0.3 is 4.74 Å². The van der Waals surface area contributed by atoms with Gasteiger partial charge in [0, 0.05) is 11.6 Å². The van der Waals surface area contributed by atoms with E-state index in [1.807, 2.05) is 18.2 Å². The highest BCUT2D eigenvalue weighted by Crippen LogP contribution is 2.23. The average molecular weight is 252 g/mol. The summed E-state index contributed by atoms with van der Waals surface area (Å²) in [5.41, 5.74) is 0.627. The zero-order chi connectivity index (χ0) is 11.5. The van der Waals surface area contributed by atoms with E-state index in [-0.39, 0.29) is 0 Å². The zero-order valence-corrected chi connectivity index (χ0v) is 9.86. The van der Waals surface area contributed by atoms with E-state index in [1.54, 1.807) is 18.3 Å². The molecule has 0 fully saturated rings. The van der Waals surface area contributed by atoms with Crippen LogP contribution in [0.2, 0.25) is 0 Å². The van der Waals surface area contributed by atoms with Crippen molar-refractivity contribution in [2.45, 2.75) is 0 Å². The minimum absolute atomic E-state index is 0.385. The molecule has 0 aliphatic carbocycles. The minimum Gasteiger partial charge on any atom is -0.407 e. The molecule has 1 heterocycles. The second-order valence-corrected chi connectivity index (χ2v) is 4.10. The van der Waals surface area contributed by atoms with Gasteiger partial charge in [-0.05, 0) is 37.8 Å². The molecule has 0 bridgehead atoms. The first-order chi connectivity index (χ1) is 7.68. The first-order valence-corrected chi connectivity index (χ1v) is 5.22. The maximum Gasteiger partial charge on any atom is 0.435 e. The number of thiol groups is 2. The largest absolute Gasteiger partial charge is 0.435 e. The van der Waals surface area contributed by atoms with Crippen molar-refractivity contribution < 1.29 is 9.53 Å². The number of rotatable bonds is 1. The van der Waals surface area contributed by atoms with Crippen LogP contribution >= 0.6 is 25.6 Å². The Morgan fingerprint density at radius 3 is 2.75 bits per heavy atom. The van der Waals surface area contributed by atoms with Gasteiger partial charge in [0.15, 0.2) is 5.75 Å². The van der Waals surface area contributed by atoms with E-state index in [9.17, 15) is 4.79 Å². The molecule has 0 spiro atoms. The monoisotopic (exact) mass is 252 g/mol. The van der Waals surface area contributed by atoms with Crippen LogP contribution in [0.1, 0.15) is 0 Å². The Kier molecular flexibility index (Phi) is 3.21. The quantitative estimate of drug-likeness (QED) is 0.767. The number of para-hydroxylation sites is 1. The number of hydrogen-bond acceptors (Lipinski definition) is 5.